The first kappa shape index (κ1) is 19.3. The van der Waals surface area contributed by atoms with Crippen LogP contribution < -0.4 is 9.44 Å². The molecule has 0 aromatic heterocycles. The van der Waals surface area contributed by atoms with Crippen LogP contribution >= 0.6 is 0 Å². The van der Waals surface area contributed by atoms with Crippen molar-refractivity contribution in [2.24, 2.45) is 0 Å². The lowest BCUT2D eigenvalue weighted by molar-refractivity contribution is 0.580. The zero-order chi connectivity index (χ0) is 20.9. The minimum Gasteiger partial charge on any atom is -0.280 e. The van der Waals surface area contributed by atoms with Gasteiger partial charge in [0.1, 0.15) is 0 Å². The van der Waals surface area contributed by atoms with Crippen molar-refractivity contribution in [3.8, 4) is 11.1 Å². The Labute approximate surface area is 176 Å². The molecule has 8 heteroatoms. The minimum absolute atomic E-state index is 0.0519. The fraction of sp³-hybridized carbons (Fsp3) is 0.182. The molecule has 3 aromatic rings. The molecule has 0 atom stereocenters. The summed E-state index contributed by atoms with van der Waals surface area (Å²) in [5.41, 5.74) is 5.00. The molecule has 0 saturated heterocycles. The average molecular weight is 441 g/mol. The molecule has 2 aliphatic carbocycles. The molecule has 0 bridgehead atoms. The van der Waals surface area contributed by atoms with Gasteiger partial charge in [0, 0.05) is 11.7 Å². The second kappa shape index (κ2) is 6.94. The molecule has 154 valence electrons. The topological polar surface area (TPSA) is 92.3 Å². The van der Waals surface area contributed by atoms with Crippen molar-refractivity contribution in [3.05, 3.63) is 77.9 Å². The van der Waals surface area contributed by atoms with E-state index in [1.165, 1.54) is 35.4 Å². The highest BCUT2D eigenvalue weighted by Crippen LogP contribution is 2.38. The number of hydrogen-bond donors (Lipinski definition) is 2. The predicted molar refractivity (Wildman–Crippen MR) is 115 cm³/mol. The number of sulfonamides is 2. The van der Waals surface area contributed by atoms with E-state index in [0.29, 0.717) is 5.69 Å². The fourth-order valence-corrected chi connectivity index (χ4v) is 6.24. The van der Waals surface area contributed by atoms with Gasteiger partial charge in [0.2, 0.25) is 10.0 Å². The molecule has 2 N–H and O–H groups in total. The van der Waals surface area contributed by atoms with Crippen molar-refractivity contribution in [3.63, 3.8) is 0 Å². The van der Waals surface area contributed by atoms with E-state index in [1.54, 1.807) is 6.07 Å². The smallest absolute Gasteiger partial charge is 0.261 e. The third kappa shape index (κ3) is 3.62. The summed E-state index contributed by atoms with van der Waals surface area (Å²) in [5.74, 6) is 0. The maximum Gasteiger partial charge on any atom is 0.261 e. The SMILES string of the molecule is O=S(=O)(Nc1ccc2c(c1)Cc1ccccc1-2)c1cccc(S(=O)(=O)NC2CC2)c1. The Morgan fingerprint density at radius 2 is 1.40 bits per heavy atom. The first-order chi connectivity index (χ1) is 14.3. The van der Waals surface area contributed by atoms with Crippen LogP contribution in [0.15, 0.2) is 76.5 Å². The molecule has 3 aromatic carbocycles. The highest BCUT2D eigenvalue weighted by molar-refractivity contribution is 7.93. The molecule has 0 amide bonds. The Bertz CT molecular complexity index is 1360. The van der Waals surface area contributed by atoms with Crippen LogP contribution in [-0.2, 0) is 26.5 Å². The largest absolute Gasteiger partial charge is 0.280 e. The Morgan fingerprint density at radius 1 is 0.700 bits per heavy atom. The molecule has 0 spiro atoms. The van der Waals surface area contributed by atoms with Crippen molar-refractivity contribution in [2.75, 3.05) is 4.72 Å². The molecule has 1 fully saturated rings. The van der Waals surface area contributed by atoms with E-state index in [1.807, 2.05) is 24.3 Å². The number of rotatable bonds is 6. The summed E-state index contributed by atoms with van der Waals surface area (Å²) in [6.45, 7) is 0. The summed E-state index contributed by atoms with van der Waals surface area (Å²) in [6, 6.07) is 19.0. The van der Waals surface area contributed by atoms with E-state index in [2.05, 4.69) is 21.6 Å². The van der Waals surface area contributed by atoms with Gasteiger partial charge in [-0.15, -0.1) is 0 Å². The Balaban J connectivity index is 1.42. The number of benzene rings is 3. The predicted octanol–water partition coefficient (Wildman–Crippen LogP) is 3.50. The van der Waals surface area contributed by atoms with Crippen molar-refractivity contribution in [1.82, 2.24) is 4.72 Å². The van der Waals surface area contributed by atoms with Gasteiger partial charge in [0.15, 0.2) is 0 Å². The molecule has 30 heavy (non-hydrogen) atoms. The zero-order valence-corrected chi connectivity index (χ0v) is 17.6. The van der Waals surface area contributed by atoms with E-state index in [4.69, 9.17) is 0 Å². The van der Waals surface area contributed by atoms with Gasteiger partial charge in [-0.25, -0.2) is 21.6 Å². The number of anilines is 1. The van der Waals surface area contributed by atoms with E-state index < -0.39 is 20.0 Å². The van der Waals surface area contributed by atoms with E-state index >= 15 is 0 Å². The van der Waals surface area contributed by atoms with Gasteiger partial charge in [-0.05, 0) is 71.8 Å². The van der Waals surface area contributed by atoms with Crippen LogP contribution in [0.2, 0.25) is 0 Å². The molecule has 6 nitrogen and oxygen atoms in total. The number of nitrogens with one attached hydrogen (secondary N) is 2. The maximum atomic E-state index is 12.9. The molecular weight excluding hydrogens is 420 g/mol. The third-order valence-electron chi connectivity index (χ3n) is 5.37. The summed E-state index contributed by atoms with van der Waals surface area (Å²) in [6.07, 6.45) is 2.36. The summed E-state index contributed by atoms with van der Waals surface area (Å²) >= 11 is 0. The van der Waals surface area contributed by atoms with Gasteiger partial charge in [-0.1, -0.05) is 36.4 Å². The Morgan fingerprint density at radius 3 is 2.17 bits per heavy atom. The van der Waals surface area contributed by atoms with Crippen LogP contribution in [0.3, 0.4) is 0 Å². The Hall–Kier alpha value is -2.68. The Kier molecular flexibility index (Phi) is 4.46. The van der Waals surface area contributed by atoms with Gasteiger partial charge in [0.05, 0.1) is 9.79 Å². The van der Waals surface area contributed by atoms with Crippen LogP contribution in [0.25, 0.3) is 11.1 Å². The minimum atomic E-state index is -3.94. The number of hydrogen-bond acceptors (Lipinski definition) is 4. The first-order valence-corrected chi connectivity index (χ1v) is 12.6. The van der Waals surface area contributed by atoms with Gasteiger partial charge >= 0.3 is 0 Å². The zero-order valence-electron chi connectivity index (χ0n) is 16.0. The van der Waals surface area contributed by atoms with Gasteiger partial charge < -0.3 is 0 Å². The molecule has 1 saturated carbocycles. The van der Waals surface area contributed by atoms with Crippen LogP contribution in [0.1, 0.15) is 24.0 Å². The molecular formula is C22H20N2O4S2. The first-order valence-electron chi connectivity index (χ1n) is 9.68. The summed E-state index contributed by atoms with van der Waals surface area (Å²) in [7, 11) is -7.67. The molecule has 0 aliphatic heterocycles. The quantitative estimate of drug-likeness (QED) is 0.480. The average Bonchev–Trinajstić information content (AvgIpc) is 3.44. The van der Waals surface area contributed by atoms with Crippen molar-refractivity contribution in [1.29, 1.82) is 0 Å². The summed E-state index contributed by atoms with van der Waals surface area (Å²) in [5, 5.41) is 0. The van der Waals surface area contributed by atoms with Crippen LogP contribution in [0.5, 0.6) is 0 Å². The van der Waals surface area contributed by atoms with Gasteiger partial charge in [-0.2, -0.15) is 0 Å². The van der Waals surface area contributed by atoms with Gasteiger partial charge in [0.25, 0.3) is 10.0 Å². The summed E-state index contributed by atoms with van der Waals surface area (Å²) < 4.78 is 55.8. The van der Waals surface area contributed by atoms with Crippen molar-refractivity contribution < 1.29 is 16.8 Å². The van der Waals surface area contributed by atoms with E-state index in [9.17, 15) is 16.8 Å². The lowest BCUT2D eigenvalue weighted by Gasteiger charge is -2.11. The second-order valence-corrected chi connectivity index (χ2v) is 11.1. The second-order valence-electron chi connectivity index (χ2n) is 7.68. The van der Waals surface area contributed by atoms with E-state index in [0.717, 1.165) is 30.4 Å². The van der Waals surface area contributed by atoms with Crippen LogP contribution in [-0.4, -0.2) is 22.9 Å². The lowest BCUT2D eigenvalue weighted by Crippen LogP contribution is -2.26. The number of fused-ring (bicyclic) bond motifs is 3. The molecule has 5 rings (SSSR count). The molecule has 0 unspecified atom stereocenters. The molecule has 2 aliphatic rings. The molecule has 0 heterocycles. The van der Waals surface area contributed by atoms with Crippen molar-refractivity contribution >= 4 is 25.7 Å². The normalized spacial score (nSPS) is 15.5. The summed E-state index contributed by atoms with van der Waals surface area (Å²) in [4.78, 5) is -0.147. The monoisotopic (exact) mass is 440 g/mol. The highest BCUT2D eigenvalue weighted by atomic mass is 32.2. The standard InChI is InChI=1S/C22H20N2O4S2/c25-29(26,23-17-8-9-17)19-5-3-6-20(14-19)30(27,28)24-18-10-11-22-16(13-18)12-15-4-1-2-7-21(15)22/h1-7,10-11,13-14,17,23-24H,8-9,12H2. The fourth-order valence-electron chi connectivity index (χ4n) is 3.72. The highest BCUT2D eigenvalue weighted by Gasteiger charge is 2.29. The van der Waals surface area contributed by atoms with E-state index in [-0.39, 0.29) is 15.8 Å². The lowest BCUT2D eigenvalue weighted by atomic mass is 10.1. The van der Waals surface area contributed by atoms with Crippen LogP contribution in [0.4, 0.5) is 5.69 Å². The maximum absolute atomic E-state index is 12.9. The third-order valence-corrected chi connectivity index (χ3v) is 8.27. The molecule has 0 radical (unpaired) electrons. The van der Waals surface area contributed by atoms with Gasteiger partial charge in [-0.3, -0.25) is 4.72 Å². The van der Waals surface area contributed by atoms with Crippen LogP contribution in [0, 0.1) is 0 Å². The van der Waals surface area contributed by atoms with Crippen molar-refractivity contribution in [2.45, 2.75) is 35.1 Å².